The van der Waals surface area contributed by atoms with Crippen molar-refractivity contribution in [2.45, 2.75) is 13.0 Å². The molecule has 1 aromatic heterocycles. The largest absolute Gasteiger partial charge is 0.479 e. The third-order valence-corrected chi connectivity index (χ3v) is 4.38. The summed E-state index contributed by atoms with van der Waals surface area (Å²) in [6.07, 6.45) is -0.646. The van der Waals surface area contributed by atoms with Gasteiger partial charge < -0.3 is 10.1 Å². The molecule has 0 aliphatic carbocycles. The van der Waals surface area contributed by atoms with Gasteiger partial charge >= 0.3 is 0 Å². The number of anilines is 2. The van der Waals surface area contributed by atoms with Gasteiger partial charge in [-0.05, 0) is 31.2 Å². The van der Waals surface area contributed by atoms with E-state index in [1.807, 2.05) is 36.4 Å². The van der Waals surface area contributed by atoms with E-state index in [-0.39, 0.29) is 18.4 Å². The van der Waals surface area contributed by atoms with Crippen LogP contribution >= 0.6 is 0 Å². The van der Waals surface area contributed by atoms with Gasteiger partial charge in [0.1, 0.15) is 12.3 Å². The number of para-hydroxylation sites is 2. The summed E-state index contributed by atoms with van der Waals surface area (Å²) in [4.78, 5) is 26.4. The Kier molecular flexibility index (Phi) is 4.72. The predicted octanol–water partition coefficient (Wildman–Crippen LogP) is 2.90. The molecule has 7 heteroatoms. The molecular weight excluding hydrogens is 356 g/mol. The fraction of sp³-hybridized carbons (Fsp3) is 0.143. The SMILES string of the molecule is CC1Oc2ccccc2N(CC(=O)Nc2ccc(-c3ccccc3)nn2)C1=O. The second kappa shape index (κ2) is 7.48. The molecule has 1 aliphatic heterocycles. The molecule has 1 N–H and O–H groups in total. The van der Waals surface area contributed by atoms with E-state index >= 15 is 0 Å². The summed E-state index contributed by atoms with van der Waals surface area (Å²) < 4.78 is 5.58. The highest BCUT2D eigenvalue weighted by molar-refractivity contribution is 6.05. The summed E-state index contributed by atoms with van der Waals surface area (Å²) in [5, 5.41) is 10.9. The minimum Gasteiger partial charge on any atom is -0.479 e. The van der Waals surface area contributed by atoms with Gasteiger partial charge in [0.25, 0.3) is 5.91 Å². The van der Waals surface area contributed by atoms with E-state index < -0.39 is 6.10 Å². The number of carbonyl (C=O) groups is 2. The summed E-state index contributed by atoms with van der Waals surface area (Å²) in [5.41, 5.74) is 2.23. The fourth-order valence-corrected chi connectivity index (χ4v) is 3.01. The number of fused-ring (bicyclic) bond motifs is 1. The Hall–Kier alpha value is -3.74. The van der Waals surface area contributed by atoms with Gasteiger partial charge in [0, 0.05) is 5.56 Å². The maximum atomic E-state index is 12.5. The first-order valence-corrected chi connectivity index (χ1v) is 8.88. The summed E-state index contributed by atoms with van der Waals surface area (Å²) in [6.45, 7) is 1.53. The first kappa shape index (κ1) is 17.7. The number of carbonyl (C=O) groups excluding carboxylic acids is 2. The number of benzene rings is 2. The Morgan fingerprint density at radius 1 is 1.04 bits per heavy atom. The van der Waals surface area contributed by atoms with Crippen molar-refractivity contribution in [3.8, 4) is 17.0 Å². The number of aromatic nitrogens is 2. The number of rotatable bonds is 4. The van der Waals surface area contributed by atoms with Gasteiger partial charge in [-0.15, -0.1) is 10.2 Å². The summed E-state index contributed by atoms with van der Waals surface area (Å²) >= 11 is 0. The topological polar surface area (TPSA) is 84.4 Å². The summed E-state index contributed by atoms with van der Waals surface area (Å²) in [6, 6.07) is 20.3. The van der Waals surface area contributed by atoms with Crippen LogP contribution in [-0.4, -0.2) is 34.7 Å². The second-order valence-electron chi connectivity index (χ2n) is 6.37. The zero-order chi connectivity index (χ0) is 19.5. The lowest BCUT2D eigenvalue weighted by molar-refractivity contribution is -0.127. The molecule has 140 valence electrons. The smallest absolute Gasteiger partial charge is 0.268 e. The molecule has 4 rings (SSSR count). The van der Waals surface area contributed by atoms with Gasteiger partial charge in [-0.2, -0.15) is 0 Å². The normalized spacial score (nSPS) is 15.5. The van der Waals surface area contributed by atoms with Crippen molar-refractivity contribution in [3.05, 3.63) is 66.7 Å². The first-order valence-electron chi connectivity index (χ1n) is 8.88. The van der Waals surface area contributed by atoms with Crippen molar-refractivity contribution >= 4 is 23.3 Å². The molecule has 2 amide bonds. The molecule has 1 aliphatic rings. The first-order chi connectivity index (χ1) is 13.6. The molecular formula is C21H18N4O3. The number of hydrogen-bond donors (Lipinski definition) is 1. The Morgan fingerprint density at radius 2 is 1.79 bits per heavy atom. The number of nitrogens with one attached hydrogen (secondary N) is 1. The van der Waals surface area contributed by atoms with Crippen LogP contribution in [0.5, 0.6) is 5.75 Å². The zero-order valence-electron chi connectivity index (χ0n) is 15.2. The zero-order valence-corrected chi connectivity index (χ0v) is 15.2. The van der Waals surface area contributed by atoms with Crippen LogP contribution in [0.3, 0.4) is 0 Å². The predicted molar refractivity (Wildman–Crippen MR) is 105 cm³/mol. The van der Waals surface area contributed by atoms with Crippen LogP contribution in [0.2, 0.25) is 0 Å². The number of ether oxygens (including phenoxy) is 1. The van der Waals surface area contributed by atoms with Gasteiger partial charge in [-0.25, -0.2) is 0 Å². The molecule has 1 atom stereocenters. The standard InChI is InChI=1S/C21H18N4O3/c1-14-21(27)25(17-9-5-6-10-18(17)28-14)13-20(26)22-19-12-11-16(23-24-19)15-7-3-2-4-8-15/h2-12,14H,13H2,1H3,(H,22,24,26). The number of hydrogen-bond acceptors (Lipinski definition) is 5. The van der Waals surface area contributed by atoms with Crippen LogP contribution in [0.25, 0.3) is 11.3 Å². The van der Waals surface area contributed by atoms with Gasteiger partial charge in [0.2, 0.25) is 5.91 Å². The molecule has 1 unspecified atom stereocenters. The van der Waals surface area contributed by atoms with Crippen molar-refractivity contribution in [2.75, 3.05) is 16.8 Å². The third-order valence-electron chi connectivity index (χ3n) is 4.38. The fourth-order valence-electron chi connectivity index (χ4n) is 3.01. The molecule has 3 aromatic rings. The Morgan fingerprint density at radius 3 is 2.54 bits per heavy atom. The van der Waals surface area contributed by atoms with Crippen LogP contribution in [0.4, 0.5) is 11.5 Å². The minimum atomic E-state index is -0.646. The molecule has 0 radical (unpaired) electrons. The molecule has 0 bridgehead atoms. The highest BCUT2D eigenvalue weighted by atomic mass is 16.5. The molecule has 0 fully saturated rings. The van der Waals surface area contributed by atoms with Crippen LogP contribution in [-0.2, 0) is 9.59 Å². The van der Waals surface area contributed by atoms with E-state index in [4.69, 9.17) is 4.74 Å². The molecule has 2 heterocycles. The van der Waals surface area contributed by atoms with Crippen molar-refractivity contribution in [1.29, 1.82) is 0 Å². The molecule has 0 saturated carbocycles. The highest BCUT2D eigenvalue weighted by Gasteiger charge is 2.32. The second-order valence-corrected chi connectivity index (χ2v) is 6.37. The average Bonchev–Trinajstić information content (AvgIpc) is 2.72. The monoisotopic (exact) mass is 374 g/mol. The summed E-state index contributed by atoms with van der Waals surface area (Å²) in [5.74, 6) is 0.277. The molecule has 0 saturated heterocycles. The minimum absolute atomic E-state index is 0.133. The van der Waals surface area contributed by atoms with Gasteiger partial charge in [-0.1, -0.05) is 42.5 Å². The van der Waals surface area contributed by atoms with E-state index in [1.165, 1.54) is 4.90 Å². The maximum absolute atomic E-state index is 12.5. The molecule has 7 nitrogen and oxygen atoms in total. The molecule has 0 spiro atoms. The highest BCUT2D eigenvalue weighted by Crippen LogP contribution is 2.33. The Bertz CT molecular complexity index is 1010. The van der Waals surface area contributed by atoms with Gasteiger partial charge in [0.15, 0.2) is 11.9 Å². The lowest BCUT2D eigenvalue weighted by Crippen LogP contribution is -2.47. The van der Waals surface area contributed by atoms with Gasteiger partial charge in [-0.3, -0.25) is 14.5 Å². The Labute approximate surface area is 162 Å². The Balaban J connectivity index is 1.47. The lowest BCUT2D eigenvalue weighted by Gasteiger charge is -2.32. The van der Waals surface area contributed by atoms with E-state index in [0.717, 1.165) is 5.56 Å². The lowest BCUT2D eigenvalue weighted by atomic mass is 10.1. The average molecular weight is 374 g/mol. The van der Waals surface area contributed by atoms with Crippen LogP contribution in [0.15, 0.2) is 66.7 Å². The van der Waals surface area contributed by atoms with Crippen LogP contribution in [0.1, 0.15) is 6.92 Å². The van der Waals surface area contributed by atoms with E-state index in [2.05, 4.69) is 15.5 Å². The van der Waals surface area contributed by atoms with Crippen LogP contribution in [0, 0.1) is 0 Å². The number of nitrogens with zero attached hydrogens (tertiary/aromatic N) is 3. The van der Waals surface area contributed by atoms with Crippen molar-refractivity contribution in [3.63, 3.8) is 0 Å². The van der Waals surface area contributed by atoms with E-state index in [9.17, 15) is 9.59 Å². The van der Waals surface area contributed by atoms with E-state index in [1.54, 1.807) is 37.3 Å². The van der Waals surface area contributed by atoms with Gasteiger partial charge in [0.05, 0.1) is 11.4 Å². The maximum Gasteiger partial charge on any atom is 0.268 e. The van der Waals surface area contributed by atoms with E-state index in [0.29, 0.717) is 22.9 Å². The number of amides is 2. The third kappa shape index (κ3) is 3.55. The van der Waals surface area contributed by atoms with Crippen molar-refractivity contribution < 1.29 is 14.3 Å². The van der Waals surface area contributed by atoms with Crippen molar-refractivity contribution in [1.82, 2.24) is 10.2 Å². The molecule has 2 aromatic carbocycles. The quantitative estimate of drug-likeness (QED) is 0.759. The van der Waals surface area contributed by atoms with Crippen molar-refractivity contribution in [2.24, 2.45) is 0 Å². The van der Waals surface area contributed by atoms with Crippen LogP contribution < -0.4 is 15.0 Å². The summed E-state index contributed by atoms with van der Waals surface area (Å²) in [7, 11) is 0. The molecule has 28 heavy (non-hydrogen) atoms.